The first kappa shape index (κ1) is 16.0. The molecule has 7 heteroatoms. The maximum atomic E-state index is 8.95. The first-order chi connectivity index (χ1) is 11.7. The first-order valence-corrected chi connectivity index (χ1v) is 8.13. The van der Waals surface area contributed by atoms with Crippen molar-refractivity contribution in [3.63, 3.8) is 0 Å². The standard InChI is InChI=1S/C17H15BrN6/c18-16-9-13(3-6-17(16)20)7-8-23(24-12-21-11-22-24)15-4-1-14(10-19)2-5-15/h1-6,9,11-12H,7-8,20H2. The van der Waals surface area contributed by atoms with E-state index in [4.69, 9.17) is 11.0 Å². The zero-order chi connectivity index (χ0) is 16.9. The average molecular weight is 383 g/mol. The highest BCUT2D eigenvalue weighted by atomic mass is 79.9. The molecule has 1 heterocycles. The van der Waals surface area contributed by atoms with Crippen LogP contribution in [0.1, 0.15) is 11.1 Å². The summed E-state index contributed by atoms with van der Waals surface area (Å²) in [4.78, 5) is 5.71. The summed E-state index contributed by atoms with van der Waals surface area (Å²) in [5, 5.41) is 15.2. The number of nitrogen functional groups attached to an aromatic ring is 1. The van der Waals surface area contributed by atoms with Crippen LogP contribution in [-0.2, 0) is 6.42 Å². The Balaban J connectivity index is 1.82. The van der Waals surface area contributed by atoms with Crippen LogP contribution in [0.5, 0.6) is 0 Å². The van der Waals surface area contributed by atoms with E-state index in [1.165, 1.54) is 6.33 Å². The van der Waals surface area contributed by atoms with Crippen LogP contribution < -0.4 is 10.7 Å². The van der Waals surface area contributed by atoms with E-state index in [2.05, 4.69) is 32.1 Å². The van der Waals surface area contributed by atoms with Crippen molar-refractivity contribution in [2.75, 3.05) is 17.3 Å². The molecule has 0 aliphatic rings. The predicted molar refractivity (Wildman–Crippen MR) is 96.2 cm³/mol. The van der Waals surface area contributed by atoms with E-state index in [0.29, 0.717) is 12.1 Å². The van der Waals surface area contributed by atoms with Crippen LogP contribution >= 0.6 is 15.9 Å². The van der Waals surface area contributed by atoms with Crippen molar-refractivity contribution in [3.8, 4) is 6.07 Å². The van der Waals surface area contributed by atoms with Gasteiger partial charge in [0.1, 0.15) is 12.7 Å². The Labute approximate surface area is 148 Å². The molecule has 0 aliphatic carbocycles. The van der Waals surface area contributed by atoms with E-state index in [9.17, 15) is 0 Å². The van der Waals surface area contributed by atoms with Crippen molar-refractivity contribution in [1.82, 2.24) is 14.9 Å². The SMILES string of the molecule is N#Cc1ccc(N(CCc2ccc(N)c(Br)c2)n2cncn2)cc1. The number of anilines is 2. The number of nitrogens with zero attached hydrogens (tertiary/aromatic N) is 5. The number of nitrogens with two attached hydrogens (primary N) is 1. The second-order valence-electron chi connectivity index (χ2n) is 5.20. The van der Waals surface area contributed by atoms with Gasteiger partial charge in [-0.25, -0.2) is 4.98 Å². The van der Waals surface area contributed by atoms with Gasteiger partial charge in [0.25, 0.3) is 0 Å². The van der Waals surface area contributed by atoms with Crippen LogP contribution in [0, 0.1) is 11.3 Å². The minimum absolute atomic E-state index is 0.625. The summed E-state index contributed by atoms with van der Waals surface area (Å²) in [6, 6.07) is 15.4. The molecule has 0 saturated carbocycles. The number of halogens is 1. The molecule has 3 rings (SSSR count). The molecule has 120 valence electrons. The number of benzene rings is 2. The molecule has 0 fully saturated rings. The fourth-order valence-corrected chi connectivity index (χ4v) is 2.77. The lowest BCUT2D eigenvalue weighted by Gasteiger charge is -2.24. The van der Waals surface area contributed by atoms with Gasteiger partial charge in [0.15, 0.2) is 0 Å². The van der Waals surface area contributed by atoms with Gasteiger partial charge < -0.3 is 5.73 Å². The number of hydrogen-bond donors (Lipinski definition) is 1. The van der Waals surface area contributed by atoms with Crippen molar-refractivity contribution in [3.05, 3.63) is 70.7 Å². The molecule has 0 radical (unpaired) electrons. The molecule has 0 bridgehead atoms. The van der Waals surface area contributed by atoms with Gasteiger partial charge in [-0.05, 0) is 64.3 Å². The minimum atomic E-state index is 0.625. The van der Waals surface area contributed by atoms with Crippen molar-refractivity contribution in [2.45, 2.75) is 6.42 Å². The number of rotatable bonds is 5. The maximum Gasteiger partial charge on any atom is 0.139 e. The van der Waals surface area contributed by atoms with E-state index in [0.717, 1.165) is 27.8 Å². The molecule has 1 aromatic heterocycles. The Bertz CT molecular complexity index is 852. The molecule has 0 atom stereocenters. The van der Waals surface area contributed by atoms with E-state index in [-0.39, 0.29) is 0 Å². The minimum Gasteiger partial charge on any atom is -0.398 e. The van der Waals surface area contributed by atoms with Crippen LogP contribution in [0.3, 0.4) is 0 Å². The molecule has 2 N–H and O–H groups in total. The highest BCUT2D eigenvalue weighted by Gasteiger charge is 2.10. The quantitative estimate of drug-likeness (QED) is 0.685. The lowest BCUT2D eigenvalue weighted by molar-refractivity contribution is 0.610. The lowest BCUT2D eigenvalue weighted by atomic mass is 10.1. The molecule has 6 nitrogen and oxygen atoms in total. The third-order valence-electron chi connectivity index (χ3n) is 3.63. The normalized spacial score (nSPS) is 10.3. The summed E-state index contributed by atoms with van der Waals surface area (Å²) in [5.41, 5.74) is 9.28. The monoisotopic (exact) mass is 382 g/mol. The Morgan fingerprint density at radius 3 is 2.62 bits per heavy atom. The van der Waals surface area contributed by atoms with Crippen molar-refractivity contribution in [1.29, 1.82) is 5.26 Å². The van der Waals surface area contributed by atoms with Gasteiger partial charge in [-0.3, -0.25) is 5.01 Å². The first-order valence-electron chi connectivity index (χ1n) is 7.34. The van der Waals surface area contributed by atoms with E-state index in [1.54, 1.807) is 23.3 Å². The summed E-state index contributed by atoms with van der Waals surface area (Å²) in [5.74, 6) is 0. The smallest absolute Gasteiger partial charge is 0.139 e. The van der Waals surface area contributed by atoms with Gasteiger partial charge >= 0.3 is 0 Å². The molecular weight excluding hydrogens is 368 g/mol. The average Bonchev–Trinajstić information content (AvgIpc) is 3.13. The van der Waals surface area contributed by atoms with E-state index >= 15 is 0 Å². The van der Waals surface area contributed by atoms with Gasteiger partial charge in [-0.2, -0.15) is 10.1 Å². The second-order valence-corrected chi connectivity index (χ2v) is 6.06. The largest absolute Gasteiger partial charge is 0.398 e. The molecule has 0 spiro atoms. The van der Waals surface area contributed by atoms with E-state index < -0.39 is 0 Å². The van der Waals surface area contributed by atoms with Gasteiger partial charge in [-0.1, -0.05) is 6.07 Å². The molecular formula is C17H15BrN6. The molecule has 2 aromatic carbocycles. The number of nitriles is 1. The summed E-state index contributed by atoms with van der Waals surface area (Å²) in [7, 11) is 0. The summed E-state index contributed by atoms with van der Waals surface area (Å²) >= 11 is 3.46. The topological polar surface area (TPSA) is 83.8 Å². The van der Waals surface area contributed by atoms with Crippen molar-refractivity contribution < 1.29 is 0 Å². The number of hydrogen-bond acceptors (Lipinski definition) is 5. The van der Waals surface area contributed by atoms with Crippen molar-refractivity contribution >= 4 is 27.3 Å². The van der Waals surface area contributed by atoms with Crippen LogP contribution in [0.2, 0.25) is 0 Å². The Hall–Kier alpha value is -2.85. The molecule has 3 aromatic rings. The van der Waals surface area contributed by atoms with Gasteiger partial charge in [0.05, 0.1) is 17.3 Å². The van der Waals surface area contributed by atoms with Gasteiger partial charge in [0.2, 0.25) is 0 Å². The number of aromatic nitrogens is 3. The fraction of sp³-hybridized carbons (Fsp3) is 0.118. The lowest BCUT2D eigenvalue weighted by Crippen LogP contribution is -2.32. The molecule has 0 amide bonds. The zero-order valence-electron chi connectivity index (χ0n) is 12.8. The third kappa shape index (κ3) is 3.55. The van der Waals surface area contributed by atoms with E-state index in [1.807, 2.05) is 35.3 Å². The molecule has 0 saturated heterocycles. The van der Waals surface area contributed by atoms with Gasteiger partial charge in [0, 0.05) is 16.7 Å². The zero-order valence-corrected chi connectivity index (χ0v) is 14.4. The second kappa shape index (κ2) is 7.15. The predicted octanol–water partition coefficient (Wildman–Crippen LogP) is 3.01. The fourth-order valence-electron chi connectivity index (χ4n) is 2.35. The molecule has 0 unspecified atom stereocenters. The summed E-state index contributed by atoms with van der Waals surface area (Å²) < 4.78 is 0.894. The van der Waals surface area contributed by atoms with Crippen LogP contribution in [0.25, 0.3) is 0 Å². The highest BCUT2D eigenvalue weighted by Crippen LogP contribution is 2.22. The van der Waals surface area contributed by atoms with Crippen LogP contribution in [0.4, 0.5) is 11.4 Å². The van der Waals surface area contributed by atoms with Crippen LogP contribution in [-0.4, -0.2) is 21.4 Å². The maximum absolute atomic E-state index is 8.95. The Kier molecular flexibility index (Phi) is 4.77. The highest BCUT2D eigenvalue weighted by molar-refractivity contribution is 9.10. The van der Waals surface area contributed by atoms with Crippen molar-refractivity contribution in [2.24, 2.45) is 0 Å². The summed E-state index contributed by atoms with van der Waals surface area (Å²) in [6.45, 7) is 0.700. The van der Waals surface area contributed by atoms with Crippen LogP contribution in [0.15, 0.2) is 59.6 Å². The Morgan fingerprint density at radius 1 is 1.21 bits per heavy atom. The molecule has 0 aliphatic heterocycles. The summed E-state index contributed by atoms with van der Waals surface area (Å²) in [6.07, 6.45) is 3.95. The molecule has 24 heavy (non-hydrogen) atoms. The Morgan fingerprint density at radius 2 is 2.00 bits per heavy atom. The third-order valence-corrected chi connectivity index (χ3v) is 4.31. The van der Waals surface area contributed by atoms with Gasteiger partial charge in [-0.15, -0.1) is 5.10 Å².